The molecule has 0 radical (unpaired) electrons. The van der Waals surface area contributed by atoms with Crippen LogP contribution in [0.2, 0.25) is 0 Å². The van der Waals surface area contributed by atoms with E-state index in [1.165, 1.54) is 6.07 Å². The zero-order valence-electron chi connectivity index (χ0n) is 11.5. The van der Waals surface area contributed by atoms with Crippen LogP contribution in [-0.2, 0) is 11.3 Å². The van der Waals surface area contributed by atoms with Crippen LogP contribution in [0.4, 0.5) is 5.69 Å². The van der Waals surface area contributed by atoms with Gasteiger partial charge in [-0.2, -0.15) is 0 Å². The van der Waals surface area contributed by atoms with Crippen LogP contribution in [0.15, 0.2) is 30.5 Å². The molecule has 0 fully saturated rings. The number of fused-ring (bicyclic) bond motifs is 1. The molecule has 0 aliphatic rings. The lowest BCUT2D eigenvalue weighted by molar-refractivity contribution is -0.383. The average Bonchev–Trinajstić information content (AvgIpc) is 2.79. The lowest BCUT2D eigenvalue weighted by Gasteiger charge is -2.14. The summed E-state index contributed by atoms with van der Waals surface area (Å²) in [7, 11) is 0. The van der Waals surface area contributed by atoms with Crippen LogP contribution in [-0.4, -0.2) is 33.4 Å². The molecular formula is C14H18N2O4. The zero-order chi connectivity index (χ0) is 14.7. The third kappa shape index (κ3) is 3.15. The van der Waals surface area contributed by atoms with Gasteiger partial charge in [0.15, 0.2) is 0 Å². The number of aromatic nitrogens is 1. The van der Waals surface area contributed by atoms with Crippen molar-refractivity contribution in [2.24, 2.45) is 0 Å². The Balaban J connectivity index is 2.19. The maximum atomic E-state index is 11.0. The number of aliphatic hydroxyl groups excluding tert-OH is 1. The van der Waals surface area contributed by atoms with Gasteiger partial charge >= 0.3 is 0 Å². The van der Waals surface area contributed by atoms with Gasteiger partial charge in [0.1, 0.15) is 0 Å². The van der Waals surface area contributed by atoms with Gasteiger partial charge in [-0.15, -0.1) is 0 Å². The Bertz CT molecular complexity index is 606. The highest BCUT2D eigenvalue weighted by Crippen LogP contribution is 2.26. The van der Waals surface area contributed by atoms with Gasteiger partial charge in [-0.25, -0.2) is 0 Å². The first-order valence-corrected chi connectivity index (χ1v) is 6.51. The topological polar surface area (TPSA) is 77.5 Å². The fourth-order valence-corrected chi connectivity index (χ4v) is 2.11. The molecule has 0 unspecified atom stereocenters. The molecule has 20 heavy (non-hydrogen) atoms. The smallest absolute Gasteiger partial charge is 0.278 e. The molecule has 6 nitrogen and oxygen atoms in total. The van der Waals surface area contributed by atoms with Crippen molar-refractivity contribution in [1.29, 1.82) is 0 Å². The first-order chi connectivity index (χ1) is 9.49. The van der Waals surface area contributed by atoms with Crippen molar-refractivity contribution in [1.82, 2.24) is 4.57 Å². The summed E-state index contributed by atoms with van der Waals surface area (Å²) in [5.74, 6) is 0. The standard InChI is InChI=1S/C14H18N2O4/c1-10(2)20-9-11(17)8-15-7-6-12-13(15)4-3-5-14(12)16(18)19/h3-7,10-11,17H,8-9H2,1-2H3/t11-/m0/s1. The number of nitrogens with zero attached hydrogens (tertiary/aromatic N) is 2. The van der Waals surface area contributed by atoms with Gasteiger partial charge < -0.3 is 14.4 Å². The van der Waals surface area contributed by atoms with Crippen molar-refractivity contribution in [2.75, 3.05) is 6.61 Å². The highest BCUT2D eigenvalue weighted by atomic mass is 16.6. The van der Waals surface area contributed by atoms with E-state index in [9.17, 15) is 15.2 Å². The van der Waals surface area contributed by atoms with Gasteiger partial charge in [-0.05, 0) is 26.0 Å². The van der Waals surface area contributed by atoms with Crippen LogP contribution in [0.1, 0.15) is 13.8 Å². The van der Waals surface area contributed by atoms with Crippen LogP contribution < -0.4 is 0 Å². The Morgan fingerprint density at radius 1 is 1.40 bits per heavy atom. The van der Waals surface area contributed by atoms with Gasteiger partial charge in [-0.3, -0.25) is 10.1 Å². The Hall–Kier alpha value is -1.92. The quantitative estimate of drug-likeness (QED) is 0.650. The predicted molar refractivity (Wildman–Crippen MR) is 75.7 cm³/mol. The molecule has 0 amide bonds. The van der Waals surface area contributed by atoms with Crippen LogP contribution in [0.5, 0.6) is 0 Å². The largest absolute Gasteiger partial charge is 0.389 e. The number of non-ortho nitro benzene ring substituents is 1. The Morgan fingerprint density at radius 2 is 2.15 bits per heavy atom. The molecule has 2 rings (SSSR count). The van der Waals surface area contributed by atoms with Gasteiger partial charge in [0, 0.05) is 12.3 Å². The lowest BCUT2D eigenvalue weighted by Crippen LogP contribution is -2.23. The summed E-state index contributed by atoms with van der Waals surface area (Å²) in [4.78, 5) is 10.6. The molecule has 2 aromatic rings. The van der Waals surface area contributed by atoms with E-state index >= 15 is 0 Å². The molecule has 0 bridgehead atoms. The van der Waals surface area contributed by atoms with Gasteiger partial charge in [-0.1, -0.05) is 6.07 Å². The molecule has 1 aromatic heterocycles. The molecule has 0 aliphatic carbocycles. The van der Waals surface area contributed by atoms with E-state index in [2.05, 4.69) is 0 Å². The maximum Gasteiger partial charge on any atom is 0.278 e. The summed E-state index contributed by atoms with van der Waals surface area (Å²) in [6, 6.07) is 6.63. The second-order valence-corrected chi connectivity index (χ2v) is 4.97. The maximum absolute atomic E-state index is 11.0. The van der Waals surface area contributed by atoms with Crippen molar-refractivity contribution in [3.8, 4) is 0 Å². The molecule has 108 valence electrons. The normalized spacial score (nSPS) is 13.0. The molecule has 0 saturated carbocycles. The van der Waals surface area contributed by atoms with Crippen molar-refractivity contribution in [3.63, 3.8) is 0 Å². The monoisotopic (exact) mass is 278 g/mol. The predicted octanol–water partition coefficient (Wildman–Crippen LogP) is 2.34. The minimum atomic E-state index is -0.646. The Kier molecular flexibility index (Phi) is 4.36. The van der Waals surface area contributed by atoms with E-state index in [1.807, 2.05) is 13.8 Å². The van der Waals surface area contributed by atoms with E-state index < -0.39 is 11.0 Å². The van der Waals surface area contributed by atoms with E-state index in [0.717, 1.165) is 5.52 Å². The van der Waals surface area contributed by atoms with Crippen LogP contribution in [0, 0.1) is 10.1 Å². The van der Waals surface area contributed by atoms with Crippen LogP contribution >= 0.6 is 0 Å². The summed E-state index contributed by atoms with van der Waals surface area (Å²) in [6.45, 7) is 4.39. The number of hydrogen-bond donors (Lipinski definition) is 1. The van der Waals surface area contributed by atoms with Gasteiger partial charge in [0.2, 0.25) is 0 Å². The molecule has 1 heterocycles. The molecule has 1 N–H and O–H groups in total. The lowest BCUT2D eigenvalue weighted by atomic mass is 10.2. The highest BCUT2D eigenvalue weighted by Gasteiger charge is 2.15. The van der Waals surface area contributed by atoms with Gasteiger partial charge in [0.05, 0.1) is 41.2 Å². The Morgan fingerprint density at radius 3 is 2.80 bits per heavy atom. The number of benzene rings is 1. The molecule has 0 spiro atoms. The fraction of sp³-hybridized carbons (Fsp3) is 0.429. The minimum absolute atomic E-state index is 0.0622. The third-order valence-electron chi connectivity index (χ3n) is 3.02. The number of rotatable bonds is 6. The number of ether oxygens (including phenoxy) is 1. The number of hydrogen-bond acceptors (Lipinski definition) is 4. The third-order valence-corrected chi connectivity index (χ3v) is 3.02. The summed E-state index contributed by atoms with van der Waals surface area (Å²) >= 11 is 0. The van der Waals surface area contributed by atoms with Crippen molar-refractivity contribution < 1.29 is 14.8 Å². The van der Waals surface area contributed by atoms with E-state index in [-0.39, 0.29) is 18.4 Å². The fourth-order valence-electron chi connectivity index (χ4n) is 2.11. The zero-order valence-corrected chi connectivity index (χ0v) is 11.5. The van der Waals surface area contributed by atoms with Crippen LogP contribution in [0.25, 0.3) is 10.9 Å². The Labute approximate surface area is 116 Å². The number of aliphatic hydroxyl groups is 1. The van der Waals surface area contributed by atoms with E-state index in [1.54, 1.807) is 29.0 Å². The molecule has 0 saturated heterocycles. The van der Waals surface area contributed by atoms with Crippen molar-refractivity contribution >= 4 is 16.6 Å². The van der Waals surface area contributed by atoms with E-state index in [4.69, 9.17) is 4.74 Å². The van der Waals surface area contributed by atoms with Crippen LogP contribution in [0.3, 0.4) is 0 Å². The molecule has 0 aliphatic heterocycles. The second kappa shape index (κ2) is 6.02. The summed E-state index contributed by atoms with van der Waals surface area (Å²) < 4.78 is 7.16. The van der Waals surface area contributed by atoms with E-state index in [0.29, 0.717) is 11.9 Å². The minimum Gasteiger partial charge on any atom is -0.389 e. The number of nitro groups is 1. The first-order valence-electron chi connectivity index (χ1n) is 6.51. The van der Waals surface area contributed by atoms with Gasteiger partial charge in [0.25, 0.3) is 5.69 Å². The highest BCUT2D eigenvalue weighted by molar-refractivity contribution is 5.89. The summed E-state index contributed by atoms with van der Waals surface area (Å²) in [6.07, 6.45) is 1.16. The SMILES string of the molecule is CC(C)OC[C@@H](O)Cn1ccc2c([N+](=O)[O-])cccc21. The van der Waals surface area contributed by atoms with Crippen molar-refractivity contribution in [2.45, 2.75) is 32.6 Å². The second-order valence-electron chi connectivity index (χ2n) is 4.97. The molecule has 6 heteroatoms. The average molecular weight is 278 g/mol. The molecular weight excluding hydrogens is 260 g/mol. The summed E-state index contributed by atoms with van der Waals surface area (Å²) in [5, 5.41) is 21.5. The first kappa shape index (κ1) is 14.5. The molecule has 1 aromatic carbocycles. The number of nitro benzene ring substituents is 1. The molecule has 1 atom stereocenters. The van der Waals surface area contributed by atoms with Crippen molar-refractivity contribution in [3.05, 3.63) is 40.6 Å². The summed E-state index contributed by atoms with van der Waals surface area (Å²) in [5.41, 5.74) is 0.817.